The van der Waals surface area contributed by atoms with Crippen molar-refractivity contribution in [2.45, 2.75) is 19.9 Å². The molecule has 0 bridgehead atoms. The van der Waals surface area contributed by atoms with Gasteiger partial charge in [0.25, 0.3) is 5.91 Å². The topological polar surface area (TPSA) is 66.4 Å². The third-order valence-corrected chi connectivity index (χ3v) is 5.98. The van der Waals surface area contributed by atoms with Gasteiger partial charge >= 0.3 is 0 Å². The molecule has 140 valence electrons. The van der Waals surface area contributed by atoms with E-state index in [2.05, 4.69) is 16.9 Å². The monoisotopic (exact) mass is 384 g/mol. The predicted molar refractivity (Wildman–Crippen MR) is 101 cm³/mol. The molecule has 6 nitrogen and oxygen atoms in total. The highest BCUT2D eigenvalue weighted by Gasteiger charge is 2.55. The van der Waals surface area contributed by atoms with E-state index in [4.69, 9.17) is 11.6 Å². The first-order valence-corrected chi connectivity index (χ1v) is 9.47. The molecule has 7 heteroatoms. The fourth-order valence-corrected chi connectivity index (χ4v) is 4.40. The van der Waals surface area contributed by atoms with E-state index in [0.717, 1.165) is 12.0 Å². The molecule has 0 unspecified atom stereocenters. The van der Waals surface area contributed by atoms with Gasteiger partial charge in [0.15, 0.2) is 0 Å². The number of hydrogen-bond donors (Lipinski definition) is 0. The van der Waals surface area contributed by atoms with Crippen LogP contribution in [0, 0.1) is 11.3 Å². The zero-order chi connectivity index (χ0) is 19.0. The zero-order valence-electron chi connectivity index (χ0n) is 15.1. The van der Waals surface area contributed by atoms with Crippen LogP contribution in [0.1, 0.15) is 29.4 Å². The molecule has 2 amide bonds. The molecular formula is C20H21ClN4O2. The lowest BCUT2D eigenvalue weighted by molar-refractivity contribution is -0.137. The van der Waals surface area contributed by atoms with Crippen LogP contribution < -0.4 is 0 Å². The molecule has 1 spiro atoms. The molecule has 0 radical (unpaired) electrons. The smallest absolute Gasteiger partial charge is 0.272 e. The van der Waals surface area contributed by atoms with Gasteiger partial charge in [0, 0.05) is 38.6 Å². The molecule has 0 saturated carbocycles. The fourth-order valence-electron chi connectivity index (χ4n) is 4.23. The summed E-state index contributed by atoms with van der Waals surface area (Å²) in [6, 6.07) is 8.87. The standard InChI is InChI=1S/C20H21ClN4O2/c1-14-11-25(18(26)16-5-2-6-17(21)23-16)13-20(14)7-9-24(19(20)27)12-15-4-3-8-22-10-15/h2-6,8,10,14H,7,9,11-13H2,1H3/t14-,20-/m1/s1. The number of halogens is 1. The summed E-state index contributed by atoms with van der Waals surface area (Å²) < 4.78 is 0. The van der Waals surface area contributed by atoms with Gasteiger partial charge in [0.05, 0.1) is 5.41 Å². The molecular weight excluding hydrogens is 364 g/mol. The molecule has 0 N–H and O–H groups in total. The second-order valence-corrected chi connectivity index (χ2v) is 7.81. The van der Waals surface area contributed by atoms with E-state index in [0.29, 0.717) is 37.0 Å². The predicted octanol–water partition coefficient (Wildman–Crippen LogP) is 2.64. The van der Waals surface area contributed by atoms with E-state index in [-0.39, 0.29) is 17.7 Å². The molecule has 2 aliphatic heterocycles. The molecule has 2 atom stereocenters. The first-order valence-electron chi connectivity index (χ1n) is 9.10. The average Bonchev–Trinajstić information content (AvgIpc) is 3.17. The lowest BCUT2D eigenvalue weighted by atomic mass is 9.78. The Morgan fingerprint density at radius 1 is 1.33 bits per heavy atom. The molecule has 0 aromatic carbocycles. The van der Waals surface area contributed by atoms with Crippen molar-refractivity contribution in [3.63, 3.8) is 0 Å². The molecule has 2 aromatic heterocycles. The van der Waals surface area contributed by atoms with E-state index in [9.17, 15) is 9.59 Å². The van der Waals surface area contributed by atoms with E-state index >= 15 is 0 Å². The lowest BCUT2D eigenvalue weighted by Crippen LogP contribution is -2.40. The van der Waals surface area contributed by atoms with E-state index < -0.39 is 5.41 Å². The summed E-state index contributed by atoms with van der Waals surface area (Å²) >= 11 is 5.92. The van der Waals surface area contributed by atoms with Crippen LogP contribution in [0.3, 0.4) is 0 Å². The Balaban J connectivity index is 1.51. The van der Waals surface area contributed by atoms with Crippen molar-refractivity contribution < 1.29 is 9.59 Å². The number of carbonyl (C=O) groups is 2. The molecule has 4 rings (SSSR count). The molecule has 2 fully saturated rings. The van der Waals surface area contributed by atoms with E-state index in [1.165, 1.54) is 0 Å². The fraction of sp³-hybridized carbons (Fsp3) is 0.400. The Morgan fingerprint density at radius 3 is 2.93 bits per heavy atom. The van der Waals surface area contributed by atoms with Crippen molar-refractivity contribution in [3.8, 4) is 0 Å². The van der Waals surface area contributed by atoms with Gasteiger partial charge in [0.1, 0.15) is 10.8 Å². The highest BCUT2D eigenvalue weighted by molar-refractivity contribution is 6.29. The number of aromatic nitrogens is 2. The molecule has 4 heterocycles. The summed E-state index contributed by atoms with van der Waals surface area (Å²) in [4.78, 5) is 37.9. The number of rotatable bonds is 3. The number of likely N-dealkylation sites (tertiary alicyclic amines) is 2. The van der Waals surface area contributed by atoms with Crippen LogP contribution in [0.4, 0.5) is 0 Å². The van der Waals surface area contributed by atoms with E-state index in [1.54, 1.807) is 35.5 Å². The summed E-state index contributed by atoms with van der Waals surface area (Å²) in [6.07, 6.45) is 4.28. The van der Waals surface area contributed by atoms with Crippen LogP contribution in [0.2, 0.25) is 5.15 Å². The van der Waals surface area contributed by atoms with Crippen molar-refractivity contribution in [1.29, 1.82) is 0 Å². The van der Waals surface area contributed by atoms with Crippen LogP contribution in [0.5, 0.6) is 0 Å². The van der Waals surface area contributed by atoms with Gasteiger partial charge in [-0.25, -0.2) is 4.98 Å². The van der Waals surface area contributed by atoms with Gasteiger partial charge in [-0.15, -0.1) is 0 Å². The van der Waals surface area contributed by atoms with Crippen molar-refractivity contribution in [3.05, 3.63) is 59.1 Å². The highest BCUT2D eigenvalue weighted by Crippen LogP contribution is 2.45. The van der Waals surface area contributed by atoms with Crippen LogP contribution >= 0.6 is 11.6 Å². The molecule has 27 heavy (non-hydrogen) atoms. The lowest BCUT2D eigenvalue weighted by Gasteiger charge is -2.26. The maximum Gasteiger partial charge on any atom is 0.272 e. The van der Waals surface area contributed by atoms with Gasteiger partial charge in [-0.2, -0.15) is 0 Å². The molecule has 2 aromatic rings. The zero-order valence-corrected chi connectivity index (χ0v) is 15.9. The summed E-state index contributed by atoms with van der Waals surface area (Å²) in [5.74, 6) is 0.0694. The second-order valence-electron chi connectivity index (χ2n) is 7.43. The molecule has 0 aliphatic carbocycles. The SMILES string of the molecule is C[C@@H]1CN(C(=O)c2cccc(Cl)n2)C[C@]12CCN(Cc1cccnc1)C2=O. The Morgan fingerprint density at radius 2 is 2.19 bits per heavy atom. The van der Waals surface area contributed by atoms with Crippen LogP contribution in [-0.4, -0.2) is 51.2 Å². The first-order chi connectivity index (χ1) is 13.0. The summed E-state index contributed by atoms with van der Waals surface area (Å²) in [7, 11) is 0. The largest absolute Gasteiger partial charge is 0.338 e. The number of carbonyl (C=O) groups excluding carboxylic acids is 2. The third kappa shape index (κ3) is 3.18. The Hall–Kier alpha value is -2.47. The summed E-state index contributed by atoms with van der Waals surface area (Å²) in [5.41, 5.74) is 0.838. The molecule has 2 saturated heterocycles. The van der Waals surface area contributed by atoms with Gasteiger partial charge in [0.2, 0.25) is 5.91 Å². The van der Waals surface area contributed by atoms with Crippen molar-refractivity contribution in [1.82, 2.24) is 19.8 Å². The summed E-state index contributed by atoms with van der Waals surface area (Å²) in [5, 5.41) is 0.294. The minimum atomic E-state index is -0.504. The highest BCUT2D eigenvalue weighted by atomic mass is 35.5. The Bertz CT molecular complexity index is 875. The number of amides is 2. The van der Waals surface area contributed by atoms with Crippen LogP contribution in [0.25, 0.3) is 0 Å². The number of pyridine rings is 2. The first kappa shape index (κ1) is 17.9. The minimum Gasteiger partial charge on any atom is -0.338 e. The van der Waals surface area contributed by atoms with Gasteiger partial charge in [-0.3, -0.25) is 14.6 Å². The maximum absolute atomic E-state index is 13.2. The summed E-state index contributed by atoms with van der Waals surface area (Å²) in [6.45, 7) is 4.31. The van der Waals surface area contributed by atoms with Gasteiger partial charge in [-0.05, 0) is 36.1 Å². The van der Waals surface area contributed by atoms with Crippen LogP contribution in [0.15, 0.2) is 42.7 Å². The van der Waals surface area contributed by atoms with Crippen molar-refractivity contribution in [2.24, 2.45) is 11.3 Å². The third-order valence-electron chi connectivity index (χ3n) is 5.77. The second kappa shape index (κ2) is 6.93. The minimum absolute atomic E-state index is 0.104. The van der Waals surface area contributed by atoms with Crippen LogP contribution in [-0.2, 0) is 11.3 Å². The molecule has 2 aliphatic rings. The maximum atomic E-state index is 13.2. The van der Waals surface area contributed by atoms with E-state index in [1.807, 2.05) is 17.0 Å². The van der Waals surface area contributed by atoms with Crippen molar-refractivity contribution in [2.75, 3.05) is 19.6 Å². The number of nitrogens with zero attached hydrogens (tertiary/aromatic N) is 4. The van der Waals surface area contributed by atoms with Crippen molar-refractivity contribution >= 4 is 23.4 Å². The number of hydrogen-bond acceptors (Lipinski definition) is 4. The average molecular weight is 385 g/mol. The normalized spacial score (nSPS) is 24.8. The quantitative estimate of drug-likeness (QED) is 0.763. The van der Waals surface area contributed by atoms with Gasteiger partial charge in [-0.1, -0.05) is 30.7 Å². The Kier molecular flexibility index (Phi) is 4.60. The Labute approximate surface area is 163 Å². The van der Waals surface area contributed by atoms with Gasteiger partial charge < -0.3 is 9.80 Å².